The number of ether oxygens (including phenoxy) is 1. The highest BCUT2D eigenvalue weighted by molar-refractivity contribution is 7.85. The molecule has 1 aliphatic rings. The minimum atomic E-state index is -3.67. The van der Waals surface area contributed by atoms with E-state index in [2.05, 4.69) is 15.3 Å². The summed E-state index contributed by atoms with van der Waals surface area (Å²) >= 11 is 0. The molecular weight excluding hydrogens is 349 g/mol. The number of nitrogens with zero attached hydrogens (tertiary/aromatic N) is 3. The van der Waals surface area contributed by atoms with Gasteiger partial charge in [0.1, 0.15) is 12.1 Å². The van der Waals surface area contributed by atoms with Crippen LogP contribution in [0.1, 0.15) is 18.7 Å². The van der Waals surface area contributed by atoms with E-state index in [1.54, 1.807) is 0 Å². The average Bonchev–Trinajstić information content (AvgIpc) is 2.70. The number of nitrogens with two attached hydrogens (primary N) is 1. The summed E-state index contributed by atoms with van der Waals surface area (Å²) < 4.78 is 44.4. The Kier molecular flexibility index (Phi) is 6.36. The van der Waals surface area contributed by atoms with E-state index < -0.39 is 28.4 Å². The van der Waals surface area contributed by atoms with E-state index in [0.29, 0.717) is 6.26 Å². The summed E-state index contributed by atoms with van der Waals surface area (Å²) in [6.45, 7) is 1.29. The number of amides is 2. The van der Waals surface area contributed by atoms with Gasteiger partial charge in [0.25, 0.3) is 10.1 Å². The lowest BCUT2D eigenvalue weighted by Crippen LogP contribution is -2.34. The summed E-state index contributed by atoms with van der Waals surface area (Å²) in [7, 11) is -3.67. The molecule has 4 N–H and O–H groups in total. The fourth-order valence-corrected chi connectivity index (χ4v) is 1.76. The normalized spacial score (nSPS) is 20.0. The van der Waals surface area contributed by atoms with Crippen molar-refractivity contribution in [1.29, 1.82) is 0 Å². The van der Waals surface area contributed by atoms with E-state index >= 15 is 0 Å². The number of hydrogen-bond donors (Lipinski definition) is 3. The summed E-state index contributed by atoms with van der Waals surface area (Å²) in [5.74, 6) is -0.349. The predicted octanol–water partition coefficient (Wildman–Crippen LogP) is -0.555. The Balaban J connectivity index is 0.000000505. The maximum Gasteiger partial charge on any atom is 0.439 e. The molecule has 1 unspecified atom stereocenters. The monoisotopic (exact) mass is 365 g/mol. The SMILES string of the molecule is CC(=O)NC[C@@H]1OC(=O)N(F)C1c1ccnc(N)n1.CS(=O)(=O)O. The third-order valence-electron chi connectivity index (χ3n) is 2.57. The molecule has 0 bridgehead atoms. The van der Waals surface area contributed by atoms with Gasteiger partial charge in [-0.15, -0.1) is 5.12 Å². The van der Waals surface area contributed by atoms with Crippen LogP contribution >= 0.6 is 0 Å². The molecule has 0 saturated carbocycles. The smallest absolute Gasteiger partial charge is 0.439 e. The Hall–Kier alpha value is -2.54. The zero-order chi connectivity index (χ0) is 18.5. The second kappa shape index (κ2) is 7.83. The molecule has 2 amide bonds. The number of rotatable bonds is 3. The maximum absolute atomic E-state index is 13.7. The minimum Gasteiger partial charge on any atom is -0.440 e. The highest BCUT2D eigenvalue weighted by Gasteiger charge is 2.44. The Bertz CT molecular complexity index is 707. The van der Waals surface area contributed by atoms with Crippen LogP contribution in [0.3, 0.4) is 0 Å². The highest BCUT2D eigenvalue weighted by Crippen LogP contribution is 2.32. The predicted molar refractivity (Wildman–Crippen MR) is 78.6 cm³/mol. The largest absolute Gasteiger partial charge is 0.440 e. The Morgan fingerprint density at radius 1 is 1.58 bits per heavy atom. The van der Waals surface area contributed by atoms with E-state index in [9.17, 15) is 22.5 Å². The number of carbonyl (C=O) groups excluding carboxylic acids is 2. The molecule has 1 fully saturated rings. The van der Waals surface area contributed by atoms with Crippen molar-refractivity contribution in [3.05, 3.63) is 18.0 Å². The van der Waals surface area contributed by atoms with Crippen molar-refractivity contribution in [2.24, 2.45) is 0 Å². The molecule has 1 aliphatic heterocycles. The molecule has 134 valence electrons. The van der Waals surface area contributed by atoms with E-state index in [4.69, 9.17) is 15.0 Å². The number of carbonyl (C=O) groups is 2. The summed E-state index contributed by atoms with van der Waals surface area (Å²) in [5.41, 5.74) is 5.62. The van der Waals surface area contributed by atoms with Gasteiger partial charge in [0.2, 0.25) is 11.9 Å². The summed E-state index contributed by atoms with van der Waals surface area (Å²) in [6.07, 6.45) is 0.0600. The van der Waals surface area contributed by atoms with Crippen LogP contribution in [-0.2, 0) is 19.6 Å². The molecule has 2 atom stereocenters. The van der Waals surface area contributed by atoms with E-state index in [1.807, 2.05) is 0 Å². The van der Waals surface area contributed by atoms with Gasteiger partial charge in [-0.25, -0.2) is 14.8 Å². The average molecular weight is 365 g/mol. The van der Waals surface area contributed by atoms with Gasteiger partial charge in [0, 0.05) is 13.1 Å². The topological polar surface area (TPSA) is 165 Å². The van der Waals surface area contributed by atoms with Crippen LogP contribution in [0.15, 0.2) is 12.3 Å². The molecule has 24 heavy (non-hydrogen) atoms. The summed E-state index contributed by atoms with van der Waals surface area (Å²) in [5, 5.41) is 2.38. The molecule has 1 aromatic heterocycles. The van der Waals surface area contributed by atoms with Gasteiger partial charge < -0.3 is 15.8 Å². The number of hydrogen-bond acceptors (Lipinski definition) is 8. The number of anilines is 1. The lowest BCUT2D eigenvalue weighted by molar-refractivity contribution is -0.119. The van der Waals surface area contributed by atoms with Crippen molar-refractivity contribution in [2.75, 3.05) is 18.5 Å². The lowest BCUT2D eigenvalue weighted by Gasteiger charge is -2.17. The minimum absolute atomic E-state index is 0.0178. The van der Waals surface area contributed by atoms with Crippen molar-refractivity contribution in [2.45, 2.75) is 19.1 Å². The lowest BCUT2D eigenvalue weighted by atomic mass is 10.1. The van der Waals surface area contributed by atoms with E-state index in [1.165, 1.54) is 19.2 Å². The molecule has 0 aromatic carbocycles. The molecule has 2 heterocycles. The van der Waals surface area contributed by atoms with Crippen LogP contribution in [0.5, 0.6) is 0 Å². The fourth-order valence-electron chi connectivity index (χ4n) is 1.76. The Morgan fingerprint density at radius 2 is 2.17 bits per heavy atom. The van der Waals surface area contributed by atoms with Crippen LogP contribution in [0.25, 0.3) is 0 Å². The molecule has 0 aliphatic carbocycles. The van der Waals surface area contributed by atoms with Crippen LogP contribution < -0.4 is 11.1 Å². The molecule has 0 radical (unpaired) electrons. The highest BCUT2D eigenvalue weighted by atomic mass is 32.2. The van der Waals surface area contributed by atoms with Crippen molar-refractivity contribution in [3.63, 3.8) is 0 Å². The second-order valence-electron chi connectivity index (χ2n) is 4.69. The first kappa shape index (κ1) is 19.5. The third kappa shape index (κ3) is 6.29. The third-order valence-corrected chi connectivity index (χ3v) is 2.57. The van der Waals surface area contributed by atoms with Gasteiger partial charge >= 0.3 is 6.09 Å². The number of nitrogens with one attached hydrogen (secondary N) is 1. The first-order chi connectivity index (χ1) is 11.0. The fraction of sp³-hybridized carbons (Fsp3) is 0.455. The van der Waals surface area contributed by atoms with Crippen molar-refractivity contribution in [1.82, 2.24) is 20.4 Å². The van der Waals surface area contributed by atoms with Crippen LogP contribution in [0.4, 0.5) is 15.2 Å². The molecular formula is C11H16FN5O6S. The van der Waals surface area contributed by atoms with Crippen LogP contribution in [-0.4, -0.2) is 59.0 Å². The first-order valence-electron chi connectivity index (χ1n) is 6.40. The van der Waals surface area contributed by atoms with Gasteiger partial charge in [0.15, 0.2) is 0 Å². The Labute approximate surface area is 136 Å². The zero-order valence-electron chi connectivity index (χ0n) is 12.7. The van der Waals surface area contributed by atoms with Crippen LogP contribution in [0.2, 0.25) is 0 Å². The molecule has 1 aromatic rings. The van der Waals surface area contributed by atoms with Gasteiger partial charge in [-0.1, -0.05) is 4.48 Å². The van der Waals surface area contributed by atoms with E-state index in [0.717, 1.165) is 0 Å². The zero-order valence-corrected chi connectivity index (χ0v) is 13.5. The number of cyclic esters (lactones) is 1. The van der Waals surface area contributed by atoms with Gasteiger partial charge in [-0.2, -0.15) is 8.42 Å². The maximum atomic E-state index is 13.7. The number of halogens is 1. The molecule has 11 nitrogen and oxygen atoms in total. The number of aromatic nitrogens is 2. The van der Waals surface area contributed by atoms with Gasteiger partial charge in [0.05, 0.1) is 18.5 Å². The van der Waals surface area contributed by atoms with Gasteiger partial charge in [-0.05, 0) is 6.07 Å². The summed E-state index contributed by atoms with van der Waals surface area (Å²) in [4.78, 5) is 29.6. The molecule has 2 rings (SSSR count). The molecule has 0 spiro atoms. The quantitative estimate of drug-likeness (QED) is 0.470. The van der Waals surface area contributed by atoms with Gasteiger partial charge in [-0.3, -0.25) is 9.35 Å². The van der Waals surface area contributed by atoms with Crippen molar-refractivity contribution in [3.8, 4) is 0 Å². The van der Waals surface area contributed by atoms with E-state index in [-0.39, 0.29) is 29.2 Å². The molecule has 1 saturated heterocycles. The van der Waals surface area contributed by atoms with Crippen molar-refractivity contribution < 1.29 is 31.8 Å². The second-order valence-corrected chi connectivity index (χ2v) is 6.15. The first-order valence-corrected chi connectivity index (χ1v) is 8.24. The standard InChI is InChI=1S/C10H12FN5O3.CH4O3S/c1-5(17)14-4-7-8(16(11)10(18)19-7)6-2-3-13-9(12)15-6;1-5(2,3)4/h2-3,7-8H,4H2,1H3,(H,14,17)(H2,12,13,15);1H3,(H,2,3,4)/t7-,8?;/m0./s1. The van der Waals surface area contributed by atoms with Crippen LogP contribution in [0, 0.1) is 0 Å². The Morgan fingerprint density at radius 3 is 2.67 bits per heavy atom. The number of nitrogen functional groups attached to an aromatic ring is 1. The van der Waals surface area contributed by atoms with Crippen molar-refractivity contribution >= 4 is 28.1 Å². The molecule has 13 heteroatoms. The summed E-state index contributed by atoms with van der Waals surface area (Å²) in [6, 6.07) is 0.362.